The molecule has 33 heavy (non-hydrogen) atoms. The Labute approximate surface area is 196 Å². The second kappa shape index (κ2) is 8.64. The summed E-state index contributed by atoms with van der Waals surface area (Å²) >= 11 is 6.37. The molecule has 1 aliphatic rings. The van der Waals surface area contributed by atoms with Crippen molar-refractivity contribution in [1.29, 1.82) is 0 Å². The van der Waals surface area contributed by atoms with Gasteiger partial charge in [-0.1, -0.05) is 35.9 Å². The van der Waals surface area contributed by atoms with Crippen LogP contribution in [-0.4, -0.2) is 29.2 Å². The maximum Gasteiger partial charge on any atom is 0.338 e. The highest BCUT2D eigenvalue weighted by molar-refractivity contribution is 6.30. The molecule has 0 saturated heterocycles. The summed E-state index contributed by atoms with van der Waals surface area (Å²) in [5, 5.41) is 3.99. The number of aromatic nitrogens is 2. The molecule has 0 unspecified atom stereocenters. The van der Waals surface area contributed by atoms with Crippen molar-refractivity contribution in [2.24, 2.45) is 0 Å². The fraction of sp³-hybridized carbons (Fsp3) is 0.154. The van der Waals surface area contributed by atoms with Crippen molar-refractivity contribution in [2.75, 3.05) is 19.0 Å². The molecule has 1 aromatic heterocycles. The number of para-hydroxylation sites is 2. The smallest absolute Gasteiger partial charge is 0.338 e. The third-order valence-corrected chi connectivity index (χ3v) is 5.91. The molecule has 0 radical (unpaired) electrons. The highest BCUT2D eigenvalue weighted by atomic mass is 35.5. The van der Waals surface area contributed by atoms with Crippen molar-refractivity contribution in [2.45, 2.75) is 13.0 Å². The third kappa shape index (κ3) is 3.72. The number of ether oxygens (including phenoxy) is 2. The van der Waals surface area contributed by atoms with E-state index in [-0.39, 0.29) is 6.61 Å². The van der Waals surface area contributed by atoms with Gasteiger partial charge in [-0.3, -0.25) is 4.57 Å². The molecule has 0 aliphatic carbocycles. The monoisotopic (exact) mass is 459 g/mol. The zero-order valence-corrected chi connectivity index (χ0v) is 19.0. The zero-order valence-electron chi connectivity index (χ0n) is 18.2. The van der Waals surface area contributed by atoms with Gasteiger partial charge < -0.3 is 14.8 Å². The predicted molar refractivity (Wildman–Crippen MR) is 129 cm³/mol. The Morgan fingerprint density at radius 1 is 1.09 bits per heavy atom. The van der Waals surface area contributed by atoms with E-state index in [1.165, 1.54) is 0 Å². The van der Waals surface area contributed by atoms with Crippen LogP contribution in [0.4, 0.5) is 5.95 Å². The average molecular weight is 460 g/mol. The van der Waals surface area contributed by atoms with Crippen LogP contribution in [0.15, 0.2) is 78.4 Å². The number of halogens is 1. The molecular formula is C26H22ClN3O3. The SMILES string of the molecule is CCOC(=O)C1=C(c2ccc(OC)cc2)Nc2nc3ccccc3n2[C@H]1c1cccc(Cl)c1. The van der Waals surface area contributed by atoms with Gasteiger partial charge in [0.15, 0.2) is 0 Å². The van der Waals surface area contributed by atoms with Crippen LogP contribution in [0.3, 0.4) is 0 Å². The van der Waals surface area contributed by atoms with Crippen LogP contribution in [0.2, 0.25) is 5.02 Å². The summed E-state index contributed by atoms with van der Waals surface area (Å²) in [6, 6.07) is 22.4. The van der Waals surface area contributed by atoms with Crippen LogP contribution < -0.4 is 10.1 Å². The number of imidazole rings is 1. The van der Waals surface area contributed by atoms with Crippen molar-refractivity contribution in [1.82, 2.24) is 9.55 Å². The molecule has 1 N–H and O–H groups in total. The van der Waals surface area contributed by atoms with E-state index in [4.69, 9.17) is 26.1 Å². The molecule has 1 atom stereocenters. The van der Waals surface area contributed by atoms with Crippen LogP contribution in [-0.2, 0) is 9.53 Å². The number of nitrogens with one attached hydrogen (secondary N) is 1. The van der Waals surface area contributed by atoms with Crippen LogP contribution in [0, 0.1) is 0 Å². The van der Waals surface area contributed by atoms with Gasteiger partial charge in [-0.15, -0.1) is 0 Å². The fourth-order valence-electron chi connectivity index (χ4n) is 4.24. The Hall–Kier alpha value is -3.77. The molecule has 4 aromatic rings. The normalized spacial score (nSPS) is 15.2. The number of rotatable bonds is 5. The van der Waals surface area contributed by atoms with Gasteiger partial charge in [0, 0.05) is 5.02 Å². The second-order valence-electron chi connectivity index (χ2n) is 7.61. The van der Waals surface area contributed by atoms with Crippen LogP contribution in [0.5, 0.6) is 5.75 Å². The van der Waals surface area contributed by atoms with Crippen LogP contribution in [0.1, 0.15) is 24.1 Å². The summed E-state index contributed by atoms with van der Waals surface area (Å²) in [4.78, 5) is 18.2. The third-order valence-electron chi connectivity index (χ3n) is 5.67. The molecule has 6 nitrogen and oxygen atoms in total. The van der Waals surface area contributed by atoms with Crippen molar-refractivity contribution in [3.63, 3.8) is 0 Å². The quantitative estimate of drug-likeness (QED) is 0.388. The molecule has 7 heteroatoms. The van der Waals surface area contributed by atoms with Crippen molar-refractivity contribution >= 4 is 40.2 Å². The molecule has 1 aliphatic heterocycles. The Bertz CT molecular complexity index is 1380. The molecule has 0 amide bonds. The molecule has 0 bridgehead atoms. The number of hydrogen-bond donors (Lipinski definition) is 1. The molecule has 3 aromatic carbocycles. The van der Waals surface area contributed by atoms with Gasteiger partial charge in [-0.25, -0.2) is 9.78 Å². The van der Waals surface area contributed by atoms with E-state index in [1.807, 2.05) is 77.4 Å². The van der Waals surface area contributed by atoms with Crippen LogP contribution >= 0.6 is 11.6 Å². The van der Waals surface area contributed by atoms with Gasteiger partial charge in [0.2, 0.25) is 5.95 Å². The first-order chi connectivity index (χ1) is 16.1. The minimum atomic E-state index is -0.483. The lowest BCUT2D eigenvalue weighted by Gasteiger charge is -2.31. The largest absolute Gasteiger partial charge is 0.497 e. The van der Waals surface area contributed by atoms with E-state index in [0.29, 0.717) is 22.2 Å². The first kappa shape index (κ1) is 21.1. The number of methoxy groups -OCH3 is 1. The minimum absolute atomic E-state index is 0.262. The standard InChI is InChI=1S/C26H22ClN3O3/c1-3-33-25(31)22-23(16-11-13-19(32-2)14-12-16)29-26-28-20-9-4-5-10-21(20)30(26)24(22)17-7-6-8-18(27)15-17/h4-15,24H,3H2,1-2H3,(H,28,29)/t24-/m0/s1. The van der Waals surface area contributed by atoms with Gasteiger partial charge in [-0.05, 0) is 66.6 Å². The zero-order chi connectivity index (χ0) is 22.9. The van der Waals surface area contributed by atoms with Crippen molar-refractivity contribution < 1.29 is 14.3 Å². The summed E-state index contributed by atoms with van der Waals surface area (Å²) in [7, 11) is 1.62. The van der Waals surface area contributed by atoms with Crippen molar-refractivity contribution in [3.8, 4) is 5.75 Å². The minimum Gasteiger partial charge on any atom is -0.497 e. The predicted octanol–water partition coefficient (Wildman–Crippen LogP) is 5.69. The van der Waals surface area contributed by atoms with Gasteiger partial charge in [0.1, 0.15) is 5.75 Å². The number of esters is 1. The van der Waals surface area contributed by atoms with Gasteiger partial charge in [-0.2, -0.15) is 0 Å². The summed E-state index contributed by atoms with van der Waals surface area (Å²) in [6.45, 7) is 2.06. The average Bonchev–Trinajstić information content (AvgIpc) is 3.21. The van der Waals surface area contributed by atoms with Gasteiger partial charge >= 0.3 is 5.97 Å². The number of carbonyl (C=O) groups excluding carboxylic acids is 1. The lowest BCUT2D eigenvalue weighted by Crippen LogP contribution is -2.29. The molecule has 2 heterocycles. The highest BCUT2D eigenvalue weighted by Gasteiger charge is 2.36. The summed E-state index contributed by atoms with van der Waals surface area (Å²) in [6.07, 6.45) is 0. The topological polar surface area (TPSA) is 65.4 Å². The molecule has 166 valence electrons. The van der Waals surface area contributed by atoms with Gasteiger partial charge in [0.25, 0.3) is 0 Å². The summed E-state index contributed by atoms with van der Waals surface area (Å²) in [5.41, 5.74) is 4.54. The lowest BCUT2D eigenvalue weighted by atomic mass is 9.92. The number of hydrogen-bond acceptors (Lipinski definition) is 5. The first-order valence-electron chi connectivity index (χ1n) is 10.7. The molecule has 0 saturated carbocycles. The highest BCUT2D eigenvalue weighted by Crippen LogP contribution is 2.42. The maximum absolute atomic E-state index is 13.4. The number of anilines is 1. The summed E-state index contributed by atoms with van der Waals surface area (Å²) in [5.74, 6) is 0.968. The van der Waals surface area contributed by atoms with E-state index in [1.54, 1.807) is 14.0 Å². The molecule has 5 rings (SSSR count). The number of nitrogens with zero attached hydrogens (tertiary/aromatic N) is 2. The Morgan fingerprint density at radius 2 is 1.88 bits per heavy atom. The van der Waals surface area contributed by atoms with E-state index in [0.717, 1.165) is 27.9 Å². The van der Waals surface area contributed by atoms with E-state index < -0.39 is 12.0 Å². The molecular weight excluding hydrogens is 438 g/mol. The maximum atomic E-state index is 13.4. The Balaban J connectivity index is 1.81. The fourth-order valence-corrected chi connectivity index (χ4v) is 4.44. The van der Waals surface area contributed by atoms with Crippen molar-refractivity contribution in [3.05, 3.63) is 94.5 Å². The Kier molecular flexibility index (Phi) is 5.52. The number of carbonyl (C=O) groups is 1. The van der Waals surface area contributed by atoms with Gasteiger partial charge in [0.05, 0.1) is 42.1 Å². The number of fused-ring (bicyclic) bond motifs is 3. The van der Waals surface area contributed by atoms with Crippen LogP contribution in [0.25, 0.3) is 16.7 Å². The Morgan fingerprint density at radius 3 is 2.61 bits per heavy atom. The molecule has 0 spiro atoms. The second-order valence-corrected chi connectivity index (χ2v) is 8.05. The van der Waals surface area contributed by atoms with E-state index >= 15 is 0 Å². The first-order valence-corrected chi connectivity index (χ1v) is 11.0. The molecule has 0 fully saturated rings. The van der Waals surface area contributed by atoms with E-state index in [2.05, 4.69) is 5.32 Å². The number of benzene rings is 3. The summed E-state index contributed by atoms with van der Waals surface area (Å²) < 4.78 is 12.9. The lowest BCUT2D eigenvalue weighted by molar-refractivity contribution is -0.138. The van der Waals surface area contributed by atoms with E-state index in [9.17, 15) is 4.79 Å².